The van der Waals surface area contributed by atoms with Crippen LogP contribution in [0, 0.1) is 0 Å². The minimum absolute atomic E-state index is 0.329. The zero-order valence-corrected chi connectivity index (χ0v) is 16.9. The van der Waals surface area contributed by atoms with E-state index in [9.17, 15) is 5.11 Å². The highest BCUT2D eigenvalue weighted by Gasteiger charge is 2.19. The number of fused-ring (bicyclic) bond motifs is 1. The second kappa shape index (κ2) is 8.48. The lowest BCUT2D eigenvalue weighted by molar-refractivity contribution is 0.293. The van der Waals surface area contributed by atoms with E-state index >= 15 is 0 Å². The summed E-state index contributed by atoms with van der Waals surface area (Å²) in [6.07, 6.45) is 5.54. The van der Waals surface area contributed by atoms with Gasteiger partial charge in [-0.25, -0.2) is 0 Å². The zero-order chi connectivity index (χ0) is 19.5. The van der Waals surface area contributed by atoms with Gasteiger partial charge in [0.15, 0.2) is 0 Å². The molecule has 0 radical (unpaired) electrons. The summed E-state index contributed by atoms with van der Waals surface area (Å²) in [6.45, 7) is 2.82. The summed E-state index contributed by atoms with van der Waals surface area (Å²) in [6, 6.07) is 14.3. The normalized spacial score (nSPS) is 17.4. The second-order valence-electron chi connectivity index (χ2n) is 7.61. The van der Waals surface area contributed by atoms with Crippen LogP contribution in [0.2, 0.25) is 5.02 Å². The van der Waals surface area contributed by atoms with Crippen molar-refractivity contribution in [3.8, 4) is 16.9 Å². The van der Waals surface area contributed by atoms with Crippen molar-refractivity contribution in [1.29, 1.82) is 0 Å². The Morgan fingerprint density at radius 3 is 2.93 bits per heavy atom. The minimum atomic E-state index is 0.329. The maximum absolute atomic E-state index is 10.3. The second-order valence-corrected chi connectivity index (χ2v) is 8.04. The Bertz CT molecular complexity index is 975. The number of aromatic hydroxyl groups is 1. The lowest BCUT2D eigenvalue weighted by Crippen LogP contribution is -2.29. The summed E-state index contributed by atoms with van der Waals surface area (Å²) in [5.41, 5.74) is 3.95. The lowest BCUT2D eigenvalue weighted by Gasteiger charge is -2.19. The molecule has 2 N–H and O–H groups in total. The summed E-state index contributed by atoms with van der Waals surface area (Å²) in [7, 11) is 2.21. The number of aromatic nitrogens is 1. The number of phenols is 1. The van der Waals surface area contributed by atoms with Crippen molar-refractivity contribution in [3.05, 3.63) is 59.2 Å². The number of hydrogen-bond donors (Lipinski definition) is 2. The van der Waals surface area contributed by atoms with Crippen LogP contribution in [0.3, 0.4) is 0 Å². The van der Waals surface area contributed by atoms with E-state index in [0.717, 1.165) is 40.6 Å². The average Bonchev–Trinajstić information content (AvgIpc) is 3.10. The number of phenolic OH excluding ortho intramolecular Hbond substituents is 1. The third kappa shape index (κ3) is 4.14. The molecule has 1 atom stereocenters. The maximum atomic E-state index is 10.3. The standard InChI is InChI=1S/C23H26ClN3O/c1-27-12-2-3-19(27)8-10-25-15-17-13-16(4-7-23(17)28)20-9-11-26-22-14-18(24)5-6-21(20)22/h4-7,9,11,13-14,19,25,28H,2-3,8,10,12,15H2,1H3/t19-/m1/s1. The molecular formula is C23H26ClN3O. The smallest absolute Gasteiger partial charge is 0.120 e. The van der Waals surface area contributed by atoms with Crippen LogP contribution in [-0.4, -0.2) is 41.2 Å². The van der Waals surface area contributed by atoms with Crippen LogP contribution in [0.15, 0.2) is 48.7 Å². The van der Waals surface area contributed by atoms with Gasteiger partial charge in [0.2, 0.25) is 0 Å². The first-order valence-corrected chi connectivity index (χ1v) is 10.3. The van der Waals surface area contributed by atoms with Gasteiger partial charge in [-0.1, -0.05) is 23.7 Å². The number of halogens is 1. The van der Waals surface area contributed by atoms with Gasteiger partial charge in [-0.05, 0) is 80.9 Å². The van der Waals surface area contributed by atoms with E-state index in [-0.39, 0.29) is 0 Å². The minimum Gasteiger partial charge on any atom is -0.508 e. The van der Waals surface area contributed by atoms with Gasteiger partial charge in [0.1, 0.15) is 5.75 Å². The molecule has 4 rings (SSSR count). The topological polar surface area (TPSA) is 48.4 Å². The molecular weight excluding hydrogens is 370 g/mol. The molecule has 1 aliphatic rings. The maximum Gasteiger partial charge on any atom is 0.120 e. The molecule has 0 saturated carbocycles. The molecule has 1 fully saturated rings. The van der Waals surface area contributed by atoms with E-state index < -0.39 is 0 Å². The van der Waals surface area contributed by atoms with Gasteiger partial charge in [-0.2, -0.15) is 0 Å². The molecule has 0 amide bonds. The number of likely N-dealkylation sites (tertiary alicyclic amines) is 1. The fourth-order valence-corrected chi connectivity index (χ4v) is 4.27. The Hall–Kier alpha value is -2.14. The average molecular weight is 396 g/mol. The molecule has 146 valence electrons. The van der Waals surface area contributed by atoms with Gasteiger partial charge in [0.25, 0.3) is 0 Å². The molecule has 28 heavy (non-hydrogen) atoms. The molecule has 2 heterocycles. The van der Waals surface area contributed by atoms with Crippen molar-refractivity contribution in [2.24, 2.45) is 0 Å². The predicted molar refractivity (Wildman–Crippen MR) is 116 cm³/mol. The van der Waals surface area contributed by atoms with Crippen molar-refractivity contribution in [1.82, 2.24) is 15.2 Å². The summed E-state index contributed by atoms with van der Waals surface area (Å²) in [4.78, 5) is 6.87. The molecule has 0 aliphatic carbocycles. The Labute approximate surface area is 171 Å². The number of pyridine rings is 1. The van der Waals surface area contributed by atoms with Gasteiger partial charge < -0.3 is 15.3 Å². The zero-order valence-electron chi connectivity index (χ0n) is 16.2. The summed E-state index contributed by atoms with van der Waals surface area (Å²) in [5.74, 6) is 0.329. The number of nitrogens with one attached hydrogen (secondary N) is 1. The van der Waals surface area contributed by atoms with Gasteiger partial charge in [0.05, 0.1) is 5.52 Å². The third-order valence-electron chi connectivity index (χ3n) is 5.74. The highest BCUT2D eigenvalue weighted by atomic mass is 35.5. The van der Waals surface area contributed by atoms with Crippen LogP contribution in [0.25, 0.3) is 22.0 Å². The fourth-order valence-electron chi connectivity index (χ4n) is 4.10. The van der Waals surface area contributed by atoms with Crippen molar-refractivity contribution >= 4 is 22.5 Å². The van der Waals surface area contributed by atoms with Crippen LogP contribution < -0.4 is 5.32 Å². The van der Waals surface area contributed by atoms with Crippen LogP contribution in [0.5, 0.6) is 5.75 Å². The van der Waals surface area contributed by atoms with Crippen molar-refractivity contribution in [3.63, 3.8) is 0 Å². The van der Waals surface area contributed by atoms with Gasteiger partial charge >= 0.3 is 0 Å². The third-order valence-corrected chi connectivity index (χ3v) is 5.97. The van der Waals surface area contributed by atoms with Crippen LogP contribution in [0.1, 0.15) is 24.8 Å². The summed E-state index contributed by atoms with van der Waals surface area (Å²) in [5, 5.41) is 15.5. The number of benzene rings is 2. The van der Waals surface area contributed by atoms with Crippen LogP contribution >= 0.6 is 11.6 Å². The van der Waals surface area contributed by atoms with E-state index in [1.807, 2.05) is 30.3 Å². The van der Waals surface area contributed by atoms with Crippen molar-refractivity contribution in [2.45, 2.75) is 31.8 Å². The quantitative estimate of drug-likeness (QED) is 0.586. The highest BCUT2D eigenvalue weighted by molar-refractivity contribution is 6.31. The SMILES string of the molecule is CN1CCC[C@@H]1CCNCc1cc(-c2ccnc3cc(Cl)ccc23)ccc1O. The van der Waals surface area contributed by atoms with Crippen molar-refractivity contribution < 1.29 is 5.11 Å². The molecule has 1 aliphatic heterocycles. The molecule has 5 heteroatoms. The Balaban J connectivity index is 1.50. The highest BCUT2D eigenvalue weighted by Crippen LogP contribution is 2.31. The van der Waals surface area contributed by atoms with Gasteiger partial charge in [-0.15, -0.1) is 0 Å². The molecule has 4 nitrogen and oxygen atoms in total. The number of nitrogens with zero attached hydrogens (tertiary/aromatic N) is 2. The molecule has 1 saturated heterocycles. The Morgan fingerprint density at radius 2 is 2.11 bits per heavy atom. The van der Waals surface area contributed by atoms with E-state index in [4.69, 9.17) is 11.6 Å². The molecule has 0 bridgehead atoms. The Morgan fingerprint density at radius 1 is 1.21 bits per heavy atom. The van der Waals surface area contributed by atoms with Crippen molar-refractivity contribution in [2.75, 3.05) is 20.1 Å². The predicted octanol–water partition coefficient (Wildman–Crippen LogP) is 4.83. The lowest BCUT2D eigenvalue weighted by atomic mass is 9.99. The molecule has 0 unspecified atom stereocenters. The van der Waals surface area contributed by atoms with Crippen LogP contribution in [0.4, 0.5) is 0 Å². The Kier molecular flexibility index (Phi) is 5.81. The van der Waals surface area contributed by atoms with Gasteiger partial charge in [-0.3, -0.25) is 4.98 Å². The van der Waals surface area contributed by atoms with Crippen LogP contribution in [-0.2, 0) is 6.54 Å². The van der Waals surface area contributed by atoms with E-state index in [1.54, 1.807) is 12.3 Å². The molecule has 2 aromatic carbocycles. The largest absolute Gasteiger partial charge is 0.508 e. The monoisotopic (exact) mass is 395 g/mol. The summed E-state index contributed by atoms with van der Waals surface area (Å²) >= 11 is 6.11. The molecule has 3 aromatic rings. The van der Waals surface area contributed by atoms with E-state index in [2.05, 4.69) is 28.3 Å². The summed E-state index contributed by atoms with van der Waals surface area (Å²) < 4.78 is 0. The first-order chi connectivity index (χ1) is 13.6. The first-order valence-electron chi connectivity index (χ1n) is 9.89. The molecule has 1 aromatic heterocycles. The van der Waals surface area contributed by atoms with Gasteiger partial charge in [0, 0.05) is 34.8 Å². The number of hydrogen-bond acceptors (Lipinski definition) is 4. The number of rotatable bonds is 6. The fraction of sp³-hybridized carbons (Fsp3) is 0.348. The molecule has 0 spiro atoms. The van der Waals surface area contributed by atoms with E-state index in [0.29, 0.717) is 23.4 Å². The first kappa shape index (κ1) is 19.2. The van der Waals surface area contributed by atoms with E-state index in [1.165, 1.54) is 19.4 Å².